The zero-order chi connectivity index (χ0) is 17.1. The van der Waals surface area contributed by atoms with Crippen LogP contribution in [0.15, 0.2) is 42.5 Å². The van der Waals surface area contributed by atoms with Crippen molar-refractivity contribution in [3.8, 4) is 5.75 Å². The van der Waals surface area contributed by atoms with Crippen molar-refractivity contribution in [1.29, 1.82) is 0 Å². The van der Waals surface area contributed by atoms with E-state index in [1.165, 1.54) is 4.90 Å². The van der Waals surface area contributed by atoms with E-state index in [0.717, 1.165) is 22.9 Å². The van der Waals surface area contributed by atoms with Crippen LogP contribution in [0.1, 0.15) is 6.42 Å². The molecular formula is C17H21NO5. The predicted octanol–water partition coefficient (Wildman–Crippen LogP) is 1.76. The van der Waals surface area contributed by atoms with Crippen LogP contribution in [0.5, 0.6) is 5.75 Å². The minimum Gasteiger partial charge on any atom is -0.493 e. The Morgan fingerprint density at radius 1 is 1.17 bits per heavy atom. The van der Waals surface area contributed by atoms with Crippen LogP contribution in [0.3, 0.4) is 0 Å². The number of nitrogens with zero attached hydrogens (tertiary/aromatic N) is 1. The molecule has 23 heavy (non-hydrogen) atoms. The Bertz CT molecular complexity index is 611. The topological polar surface area (TPSA) is 87.1 Å². The first-order chi connectivity index (χ1) is 11.2. The molecule has 0 fully saturated rings. The Hall–Kier alpha value is -2.60. The summed E-state index contributed by atoms with van der Waals surface area (Å²) in [5.74, 6) is 0.827. The number of hydrogen-bond donors (Lipinski definition) is 2. The molecule has 0 radical (unpaired) electrons. The summed E-state index contributed by atoms with van der Waals surface area (Å²) < 4.78 is 5.79. The molecule has 0 aromatic heterocycles. The van der Waals surface area contributed by atoms with Crippen molar-refractivity contribution in [2.75, 3.05) is 20.3 Å². The molecule has 0 bridgehead atoms. The van der Waals surface area contributed by atoms with Gasteiger partial charge in [0.1, 0.15) is 5.75 Å². The van der Waals surface area contributed by atoms with Crippen molar-refractivity contribution in [1.82, 2.24) is 4.90 Å². The zero-order valence-corrected chi connectivity index (χ0v) is 13.0. The van der Waals surface area contributed by atoms with E-state index in [0.29, 0.717) is 13.0 Å². The van der Waals surface area contributed by atoms with Gasteiger partial charge < -0.3 is 19.8 Å². The second-order valence-corrected chi connectivity index (χ2v) is 4.83. The molecule has 124 valence electrons. The molecule has 1 unspecified atom stereocenters. The van der Waals surface area contributed by atoms with E-state index in [4.69, 9.17) is 14.6 Å². The molecule has 0 saturated heterocycles. The molecule has 0 heterocycles. The highest BCUT2D eigenvalue weighted by Crippen LogP contribution is 2.25. The van der Waals surface area contributed by atoms with Crippen molar-refractivity contribution in [3.63, 3.8) is 0 Å². The number of carboxylic acid groups (broad SMARTS) is 1. The number of likely N-dealkylation sites (N-methyl/N-ethyl adjacent to an activating group) is 1. The number of benzene rings is 2. The average Bonchev–Trinajstić information content (AvgIpc) is 2.59. The monoisotopic (exact) mass is 319 g/mol. The summed E-state index contributed by atoms with van der Waals surface area (Å²) in [7, 11) is 1.66. The van der Waals surface area contributed by atoms with Gasteiger partial charge in [-0.05, 0) is 11.5 Å². The minimum absolute atomic E-state index is 0.0614. The first-order valence-corrected chi connectivity index (χ1v) is 7.14. The SMILES string of the molecule is CN(C=O)C(CO)CCOc1cccc2ccccc12.O=CO. The van der Waals surface area contributed by atoms with Crippen LogP contribution >= 0.6 is 0 Å². The predicted molar refractivity (Wildman–Crippen MR) is 87.5 cm³/mol. The van der Waals surface area contributed by atoms with E-state index < -0.39 is 0 Å². The molecule has 6 heteroatoms. The second kappa shape index (κ2) is 10.2. The fourth-order valence-corrected chi connectivity index (χ4v) is 2.14. The number of aliphatic hydroxyl groups excluding tert-OH is 1. The van der Waals surface area contributed by atoms with E-state index in [9.17, 15) is 9.90 Å². The third-order valence-corrected chi connectivity index (χ3v) is 3.41. The first kappa shape index (κ1) is 18.4. The molecular weight excluding hydrogens is 298 g/mol. The highest BCUT2D eigenvalue weighted by atomic mass is 16.5. The minimum atomic E-state index is -0.250. The van der Waals surface area contributed by atoms with Gasteiger partial charge in [-0.25, -0.2) is 0 Å². The Balaban J connectivity index is 0.000000816. The zero-order valence-electron chi connectivity index (χ0n) is 13.0. The summed E-state index contributed by atoms with van der Waals surface area (Å²) in [6, 6.07) is 13.8. The maximum Gasteiger partial charge on any atom is 0.290 e. The van der Waals surface area contributed by atoms with Gasteiger partial charge in [-0.2, -0.15) is 0 Å². The molecule has 6 nitrogen and oxygen atoms in total. The molecule has 2 rings (SSSR count). The van der Waals surface area contributed by atoms with Crippen molar-refractivity contribution in [2.45, 2.75) is 12.5 Å². The maximum absolute atomic E-state index is 10.7. The third kappa shape index (κ3) is 5.60. The van der Waals surface area contributed by atoms with Crippen molar-refractivity contribution >= 4 is 23.7 Å². The van der Waals surface area contributed by atoms with Gasteiger partial charge >= 0.3 is 0 Å². The second-order valence-electron chi connectivity index (χ2n) is 4.83. The third-order valence-electron chi connectivity index (χ3n) is 3.41. The van der Waals surface area contributed by atoms with Crippen molar-refractivity contribution in [3.05, 3.63) is 42.5 Å². The van der Waals surface area contributed by atoms with Gasteiger partial charge in [-0.1, -0.05) is 36.4 Å². The molecule has 0 aliphatic rings. The molecule has 0 saturated carbocycles. The van der Waals surface area contributed by atoms with E-state index in [1.54, 1.807) is 7.05 Å². The average molecular weight is 319 g/mol. The van der Waals surface area contributed by atoms with Gasteiger partial charge in [0, 0.05) is 18.9 Å². The maximum atomic E-state index is 10.7. The summed E-state index contributed by atoms with van der Waals surface area (Å²) >= 11 is 0. The smallest absolute Gasteiger partial charge is 0.290 e. The lowest BCUT2D eigenvalue weighted by Gasteiger charge is -2.22. The van der Waals surface area contributed by atoms with Crippen LogP contribution in [-0.4, -0.2) is 54.3 Å². The highest BCUT2D eigenvalue weighted by Gasteiger charge is 2.12. The molecule has 2 N–H and O–H groups in total. The molecule has 0 aliphatic carbocycles. The number of carbonyl (C=O) groups excluding carboxylic acids is 1. The molecule has 0 spiro atoms. The van der Waals surface area contributed by atoms with Crippen LogP contribution < -0.4 is 4.74 Å². The summed E-state index contributed by atoms with van der Waals surface area (Å²) in [4.78, 5) is 20.5. The number of aliphatic hydroxyl groups is 1. The van der Waals surface area contributed by atoms with Crippen LogP contribution in [0.2, 0.25) is 0 Å². The Morgan fingerprint density at radius 3 is 2.48 bits per heavy atom. The largest absolute Gasteiger partial charge is 0.493 e. The standard InChI is InChI=1S/C16H19NO3.CH2O2/c1-17(12-19)14(11-18)9-10-20-16-8-4-6-13-5-2-3-7-15(13)16;2-1-3/h2-8,12,14,18H,9-11H2,1H3;1H,(H,2,3). The molecule has 2 aromatic rings. The summed E-state index contributed by atoms with van der Waals surface area (Å²) in [6.07, 6.45) is 1.31. The number of carbonyl (C=O) groups is 2. The quantitative estimate of drug-likeness (QED) is 0.759. The summed E-state index contributed by atoms with van der Waals surface area (Å²) in [5, 5.41) is 18.3. The lowest BCUT2D eigenvalue weighted by molar-refractivity contribution is -0.123. The Kier molecular flexibility index (Phi) is 8.17. The van der Waals surface area contributed by atoms with Gasteiger partial charge in [-0.15, -0.1) is 0 Å². The number of hydrogen-bond acceptors (Lipinski definition) is 4. The Labute approximate surface area is 134 Å². The molecule has 2 aromatic carbocycles. The van der Waals surface area contributed by atoms with Crippen LogP contribution in [0.4, 0.5) is 0 Å². The highest BCUT2D eigenvalue weighted by molar-refractivity contribution is 5.88. The lowest BCUT2D eigenvalue weighted by atomic mass is 10.1. The van der Waals surface area contributed by atoms with Crippen LogP contribution in [-0.2, 0) is 9.59 Å². The van der Waals surface area contributed by atoms with E-state index in [-0.39, 0.29) is 19.1 Å². The van der Waals surface area contributed by atoms with Gasteiger partial charge in [-0.3, -0.25) is 9.59 Å². The summed E-state index contributed by atoms with van der Waals surface area (Å²) in [6.45, 7) is 0.144. The number of ether oxygens (including phenoxy) is 1. The van der Waals surface area contributed by atoms with Gasteiger partial charge in [0.2, 0.25) is 6.41 Å². The first-order valence-electron chi connectivity index (χ1n) is 7.14. The van der Waals surface area contributed by atoms with E-state index in [2.05, 4.69) is 0 Å². The number of fused-ring (bicyclic) bond motifs is 1. The van der Waals surface area contributed by atoms with E-state index in [1.807, 2.05) is 42.5 Å². The van der Waals surface area contributed by atoms with Crippen LogP contribution in [0, 0.1) is 0 Å². The number of rotatable bonds is 7. The number of amides is 1. The van der Waals surface area contributed by atoms with Gasteiger partial charge in [0.15, 0.2) is 0 Å². The fourth-order valence-electron chi connectivity index (χ4n) is 2.14. The molecule has 1 atom stereocenters. The summed E-state index contributed by atoms with van der Waals surface area (Å²) in [5.41, 5.74) is 0. The Morgan fingerprint density at radius 2 is 1.83 bits per heavy atom. The normalized spacial score (nSPS) is 11.0. The molecule has 0 aliphatic heterocycles. The molecule has 1 amide bonds. The van der Waals surface area contributed by atoms with E-state index >= 15 is 0 Å². The van der Waals surface area contributed by atoms with Crippen LogP contribution in [0.25, 0.3) is 10.8 Å². The van der Waals surface area contributed by atoms with Gasteiger partial charge in [0.05, 0.1) is 19.3 Å². The fraction of sp³-hybridized carbons (Fsp3) is 0.294. The van der Waals surface area contributed by atoms with Crippen molar-refractivity contribution in [2.24, 2.45) is 0 Å². The van der Waals surface area contributed by atoms with Crippen molar-refractivity contribution < 1.29 is 24.5 Å². The lowest BCUT2D eigenvalue weighted by Crippen LogP contribution is -2.34. The van der Waals surface area contributed by atoms with Gasteiger partial charge in [0.25, 0.3) is 6.47 Å².